The van der Waals surface area contributed by atoms with Crippen LogP contribution >= 0.6 is 0 Å². The molecular formula is C19H20N4O6. The van der Waals surface area contributed by atoms with Gasteiger partial charge in [0, 0.05) is 36.9 Å². The number of amides is 2. The summed E-state index contributed by atoms with van der Waals surface area (Å²) in [4.78, 5) is 44.3. The van der Waals surface area contributed by atoms with Gasteiger partial charge in [0.2, 0.25) is 11.8 Å². The maximum Gasteiger partial charge on any atom is 0.269 e. The van der Waals surface area contributed by atoms with Crippen molar-refractivity contribution in [2.45, 2.75) is 25.8 Å². The quantitative estimate of drug-likeness (QED) is 0.486. The zero-order valence-electron chi connectivity index (χ0n) is 15.7. The van der Waals surface area contributed by atoms with Crippen molar-refractivity contribution in [1.82, 2.24) is 10.6 Å². The number of hydrogen-bond acceptors (Lipinski definition) is 6. The van der Waals surface area contributed by atoms with Gasteiger partial charge < -0.3 is 10.6 Å². The molecule has 0 aliphatic rings. The molecule has 29 heavy (non-hydrogen) atoms. The molecule has 0 saturated carbocycles. The van der Waals surface area contributed by atoms with Crippen LogP contribution in [0.2, 0.25) is 0 Å². The van der Waals surface area contributed by atoms with Gasteiger partial charge in [0.25, 0.3) is 11.4 Å². The van der Waals surface area contributed by atoms with Crippen molar-refractivity contribution >= 4 is 23.2 Å². The molecule has 0 heterocycles. The highest BCUT2D eigenvalue weighted by atomic mass is 16.6. The largest absolute Gasteiger partial charge is 0.354 e. The fourth-order valence-electron chi connectivity index (χ4n) is 2.55. The SMILES string of the molecule is C[C@H](CNC(=O)Cc1ccc([N+](=O)[O-])cc1)NC(=O)Cc1ccc([N+](=O)[O-])cc1. The summed E-state index contributed by atoms with van der Waals surface area (Å²) in [5, 5.41) is 26.7. The summed E-state index contributed by atoms with van der Waals surface area (Å²) >= 11 is 0. The molecule has 0 aliphatic heterocycles. The van der Waals surface area contributed by atoms with Crippen molar-refractivity contribution in [3.8, 4) is 0 Å². The lowest BCUT2D eigenvalue weighted by Crippen LogP contribution is -2.42. The molecular weight excluding hydrogens is 380 g/mol. The van der Waals surface area contributed by atoms with E-state index in [0.29, 0.717) is 11.1 Å². The number of hydrogen-bond donors (Lipinski definition) is 2. The first-order valence-electron chi connectivity index (χ1n) is 8.77. The Hall–Kier alpha value is -3.82. The molecule has 2 rings (SSSR count). The zero-order valence-corrected chi connectivity index (χ0v) is 15.7. The Morgan fingerprint density at radius 2 is 1.24 bits per heavy atom. The normalized spacial score (nSPS) is 11.3. The van der Waals surface area contributed by atoms with Crippen LogP contribution in [0.1, 0.15) is 18.1 Å². The Morgan fingerprint density at radius 3 is 1.66 bits per heavy atom. The molecule has 0 aliphatic carbocycles. The number of nitro benzene ring substituents is 2. The lowest BCUT2D eigenvalue weighted by atomic mass is 10.1. The summed E-state index contributed by atoms with van der Waals surface area (Å²) in [6.07, 6.45) is 0.139. The number of nitrogens with one attached hydrogen (secondary N) is 2. The van der Waals surface area contributed by atoms with E-state index in [4.69, 9.17) is 0 Å². The number of rotatable bonds is 9. The first-order valence-corrected chi connectivity index (χ1v) is 8.77. The van der Waals surface area contributed by atoms with Gasteiger partial charge in [0.15, 0.2) is 0 Å². The summed E-state index contributed by atoms with van der Waals surface area (Å²) in [5.41, 5.74) is 1.20. The molecule has 2 amide bonds. The predicted octanol–water partition coefficient (Wildman–Crippen LogP) is 1.91. The lowest BCUT2D eigenvalue weighted by Gasteiger charge is -2.15. The molecule has 0 radical (unpaired) electrons. The molecule has 152 valence electrons. The minimum Gasteiger partial charge on any atom is -0.354 e. The van der Waals surface area contributed by atoms with Crippen LogP contribution in [-0.4, -0.2) is 34.2 Å². The molecule has 10 nitrogen and oxygen atoms in total. The number of carbonyl (C=O) groups is 2. The van der Waals surface area contributed by atoms with E-state index in [1.165, 1.54) is 48.5 Å². The average Bonchev–Trinajstić information content (AvgIpc) is 2.67. The number of nitro groups is 2. The van der Waals surface area contributed by atoms with Gasteiger partial charge in [-0.2, -0.15) is 0 Å². The van der Waals surface area contributed by atoms with Crippen molar-refractivity contribution in [2.75, 3.05) is 6.54 Å². The second kappa shape index (κ2) is 9.93. The van der Waals surface area contributed by atoms with Crippen LogP contribution < -0.4 is 10.6 Å². The van der Waals surface area contributed by atoms with Crippen LogP contribution in [-0.2, 0) is 22.4 Å². The van der Waals surface area contributed by atoms with Gasteiger partial charge in [0.05, 0.1) is 22.7 Å². The van der Waals surface area contributed by atoms with E-state index in [9.17, 15) is 29.8 Å². The monoisotopic (exact) mass is 400 g/mol. The summed E-state index contributed by atoms with van der Waals surface area (Å²) in [5.74, 6) is -0.536. The Kier molecular flexibility index (Phi) is 7.35. The van der Waals surface area contributed by atoms with Gasteiger partial charge >= 0.3 is 0 Å². The van der Waals surface area contributed by atoms with E-state index in [1.807, 2.05) is 0 Å². The topological polar surface area (TPSA) is 144 Å². The summed E-state index contributed by atoms with van der Waals surface area (Å²) < 4.78 is 0. The molecule has 2 aromatic carbocycles. The Bertz CT molecular complexity index is 896. The Balaban J connectivity index is 1.74. The van der Waals surface area contributed by atoms with Crippen molar-refractivity contribution in [3.05, 3.63) is 79.9 Å². The predicted molar refractivity (Wildman–Crippen MR) is 104 cm³/mol. The van der Waals surface area contributed by atoms with Gasteiger partial charge in [-0.3, -0.25) is 29.8 Å². The van der Waals surface area contributed by atoms with Crippen molar-refractivity contribution in [1.29, 1.82) is 0 Å². The summed E-state index contributed by atoms with van der Waals surface area (Å²) in [7, 11) is 0. The standard InChI is InChI=1S/C19H20N4O6/c1-13(21-19(25)11-15-4-8-17(9-5-15)23(28)29)12-20-18(24)10-14-2-6-16(7-3-14)22(26)27/h2-9,13H,10-12H2,1H3,(H,20,24)(H,21,25)/t13-/m1/s1. The molecule has 10 heteroatoms. The van der Waals surface area contributed by atoms with E-state index in [-0.39, 0.29) is 48.6 Å². The van der Waals surface area contributed by atoms with E-state index in [2.05, 4.69) is 10.6 Å². The molecule has 0 unspecified atom stereocenters. The van der Waals surface area contributed by atoms with Crippen LogP contribution in [0, 0.1) is 20.2 Å². The molecule has 0 saturated heterocycles. The fraction of sp³-hybridized carbons (Fsp3) is 0.263. The van der Waals surface area contributed by atoms with Crippen molar-refractivity contribution in [2.24, 2.45) is 0 Å². The maximum atomic E-state index is 12.1. The Labute approximate surface area is 166 Å². The van der Waals surface area contributed by atoms with Crippen LogP contribution in [0.5, 0.6) is 0 Å². The third kappa shape index (κ3) is 7.01. The van der Waals surface area contributed by atoms with E-state index in [0.717, 1.165) is 0 Å². The Morgan fingerprint density at radius 1 is 0.828 bits per heavy atom. The van der Waals surface area contributed by atoms with Crippen molar-refractivity contribution in [3.63, 3.8) is 0 Å². The number of carbonyl (C=O) groups excluding carboxylic acids is 2. The molecule has 0 bridgehead atoms. The first-order chi connectivity index (χ1) is 13.7. The molecule has 2 N–H and O–H groups in total. The van der Waals surface area contributed by atoms with Crippen LogP contribution in [0.4, 0.5) is 11.4 Å². The van der Waals surface area contributed by atoms with E-state index in [1.54, 1.807) is 6.92 Å². The van der Waals surface area contributed by atoms with Gasteiger partial charge in [0.1, 0.15) is 0 Å². The van der Waals surface area contributed by atoms with Crippen LogP contribution in [0.3, 0.4) is 0 Å². The second-order valence-electron chi connectivity index (χ2n) is 6.47. The van der Waals surface area contributed by atoms with E-state index >= 15 is 0 Å². The molecule has 2 aromatic rings. The van der Waals surface area contributed by atoms with E-state index < -0.39 is 9.85 Å². The van der Waals surface area contributed by atoms with Crippen LogP contribution in [0.15, 0.2) is 48.5 Å². The molecule has 0 aromatic heterocycles. The highest BCUT2D eigenvalue weighted by molar-refractivity contribution is 5.80. The molecule has 0 spiro atoms. The third-order valence-corrected chi connectivity index (χ3v) is 4.04. The number of nitrogens with zero attached hydrogens (tertiary/aromatic N) is 2. The zero-order chi connectivity index (χ0) is 21.4. The fourth-order valence-corrected chi connectivity index (χ4v) is 2.55. The number of non-ortho nitro benzene ring substituents is 2. The van der Waals surface area contributed by atoms with Gasteiger partial charge in [-0.05, 0) is 18.1 Å². The summed E-state index contributed by atoms with van der Waals surface area (Å²) in [6, 6.07) is 11.1. The van der Waals surface area contributed by atoms with Crippen molar-refractivity contribution < 1.29 is 19.4 Å². The highest BCUT2D eigenvalue weighted by Crippen LogP contribution is 2.13. The second-order valence-corrected chi connectivity index (χ2v) is 6.47. The van der Waals surface area contributed by atoms with Gasteiger partial charge in [-0.15, -0.1) is 0 Å². The average molecular weight is 400 g/mol. The minimum atomic E-state index is -0.509. The highest BCUT2D eigenvalue weighted by Gasteiger charge is 2.12. The van der Waals surface area contributed by atoms with Crippen LogP contribution in [0.25, 0.3) is 0 Å². The maximum absolute atomic E-state index is 12.1. The lowest BCUT2D eigenvalue weighted by molar-refractivity contribution is -0.385. The summed E-state index contributed by atoms with van der Waals surface area (Å²) in [6.45, 7) is 1.96. The first kappa shape index (κ1) is 21.5. The van der Waals surface area contributed by atoms with Gasteiger partial charge in [-0.25, -0.2) is 0 Å². The van der Waals surface area contributed by atoms with Gasteiger partial charge in [-0.1, -0.05) is 24.3 Å². The number of benzene rings is 2. The minimum absolute atomic E-state index is 0.0430. The third-order valence-electron chi connectivity index (χ3n) is 4.04. The smallest absolute Gasteiger partial charge is 0.269 e. The molecule has 0 fully saturated rings. The molecule has 1 atom stereocenters.